The van der Waals surface area contributed by atoms with Crippen molar-refractivity contribution in [2.75, 3.05) is 33.3 Å². The molecule has 170 valence electrons. The predicted molar refractivity (Wildman–Crippen MR) is 125 cm³/mol. The monoisotopic (exact) mass is 454 g/mol. The lowest BCUT2D eigenvalue weighted by Crippen LogP contribution is -2.46. The van der Waals surface area contributed by atoms with Crippen LogP contribution in [0.5, 0.6) is 5.75 Å². The fraction of sp³-hybridized carbons (Fsp3) is 0.478. The molecule has 3 aromatic rings. The van der Waals surface area contributed by atoms with E-state index in [0.29, 0.717) is 24.2 Å². The number of nitrogens with zero attached hydrogens (tertiary/aromatic N) is 6. The average molecular weight is 455 g/mol. The van der Waals surface area contributed by atoms with Crippen molar-refractivity contribution < 1.29 is 9.26 Å². The molecule has 0 atom stereocenters. The van der Waals surface area contributed by atoms with Gasteiger partial charge < -0.3 is 13.8 Å². The first-order valence-electron chi connectivity index (χ1n) is 10.9. The lowest BCUT2D eigenvalue weighted by Gasteiger charge is -2.34. The zero-order valence-electron chi connectivity index (χ0n) is 19.1. The fourth-order valence-electron chi connectivity index (χ4n) is 3.88. The molecule has 0 unspecified atom stereocenters. The van der Waals surface area contributed by atoms with E-state index in [9.17, 15) is 0 Å². The lowest BCUT2D eigenvalue weighted by atomic mass is 10.2. The smallest absolute Gasteiger partial charge is 0.241 e. The van der Waals surface area contributed by atoms with Crippen molar-refractivity contribution in [3.63, 3.8) is 0 Å². The van der Waals surface area contributed by atoms with E-state index in [2.05, 4.69) is 38.4 Å². The Hall–Kier alpha value is -2.62. The molecule has 1 aliphatic heterocycles. The van der Waals surface area contributed by atoms with Crippen LogP contribution in [-0.4, -0.2) is 62.8 Å². The number of benzene rings is 1. The molecule has 0 bridgehead atoms. The molecule has 0 saturated carbocycles. The number of aryl methyl sites for hydroxylation is 1. The second kappa shape index (κ2) is 9.89. The summed E-state index contributed by atoms with van der Waals surface area (Å²) in [4.78, 5) is 14.1. The second-order valence-corrected chi connectivity index (χ2v) is 8.87. The van der Waals surface area contributed by atoms with Gasteiger partial charge in [-0.1, -0.05) is 31.2 Å². The van der Waals surface area contributed by atoms with Gasteiger partial charge in [0.15, 0.2) is 0 Å². The maximum atomic E-state index is 5.63. The summed E-state index contributed by atoms with van der Waals surface area (Å²) in [7, 11) is 1.65. The Morgan fingerprint density at radius 3 is 2.41 bits per heavy atom. The Kier molecular flexibility index (Phi) is 6.98. The van der Waals surface area contributed by atoms with Gasteiger partial charge in [-0.15, -0.1) is 0 Å². The third-order valence-electron chi connectivity index (χ3n) is 5.66. The predicted octanol–water partition coefficient (Wildman–Crippen LogP) is 3.88. The quantitative estimate of drug-likeness (QED) is 0.498. The van der Waals surface area contributed by atoms with Crippen LogP contribution < -0.4 is 4.74 Å². The topological polar surface area (TPSA) is 72.5 Å². The summed E-state index contributed by atoms with van der Waals surface area (Å²) >= 11 is 5.63. The average Bonchev–Trinajstić information content (AvgIpc) is 3.25. The molecule has 4 rings (SSSR count). The highest BCUT2D eigenvalue weighted by molar-refractivity contribution is 7.71. The number of aromatic nitrogens is 4. The first-order valence-corrected chi connectivity index (χ1v) is 11.3. The van der Waals surface area contributed by atoms with Crippen LogP contribution in [0.25, 0.3) is 11.4 Å². The number of hydrogen-bond donors (Lipinski definition) is 0. The summed E-state index contributed by atoms with van der Waals surface area (Å²) < 4.78 is 13.7. The van der Waals surface area contributed by atoms with Crippen LogP contribution in [0.2, 0.25) is 0 Å². The van der Waals surface area contributed by atoms with E-state index in [1.54, 1.807) is 7.11 Å². The van der Waals surface area contributed by atoms with E-state index in [4.69, 9.17) is 26.5 Å². The molecule has 9 heteroatoms. The molecule has 1 aromatic carbocycles. The first-order chi connectivity index (χ1) is 15.4. The van der Waals surface area contributed by atoms with E-state index in [1.807, 2.05) is 37.3 Å². The number of methoxy groups -OCH3 is 1. The standard InChI is InChI=1S/C23H30N6O2S/c1-16(2)23-24-17(3)13-21(32)29(23)15-28-11-9-27(10-12-28)14-20-25-22(26-31-20)18-5-7-19(30-4)8-6-18/h5-8,13,16H,9-12,14-15H2,1-4H3. The highest BCUT2D eigenvalue weighted by Crippen LogP contribution is 2.20. The van der Waals surface area contributed by atoms with Crippen molar-refractivity contribution in [3.05, 3.63) is 52.4 Å². The van der Waals surface area contributed by atoms with Crippen molar-refractivity contribution in [1.29, 1.82) is 0 Å². The van der Waals surface area contributed by atoms with Crippen LogP contribution >= 0.6 is 12.2 Å². The van der Waals surface area contributed by atoms with E-state index in [0.717, 1.165) is 60.3 Å². The van der Waals surface area contributed by atoms with Gasteiger partial charge in [0.2, 0.25) is 11.7 Å². The van der Waals surface area contributed by atoms with Crippen LogP contribution in [-0.2, 0) is 13.2 Å². The van der Waals surface area contributed by atoms with Crippen LogP contribution in [0.4, 0.5) is 0 Å². The third kappa shape index (κ3) is 5.23. The summed E-state index contributed by atoms with van der Waals surface area (Å²) in [6.07, 6.45) is 0. The molecule has 1 fully saturated rings. The molecule has 0 aliphatic carbocycles. The summed E-state index contributed by atoms with van der Waals surface area (Å²) in [5, 5.41) is 4.14. The SMILES string of the molecule is COc1ccc(-c2noc(CN3CCN(Cn4c(C(C)C)nc(C)cc4=S)CC3)n2)cc1. The molecule has 2 aromatic heterocycles. The lowest BCUT2D eigenvalue weighted by molar-refractivity contribution is 0.0931. The molecule has 32 heavy (non-hydrogen) atoms. The Balaban J connectivity index is 1.34. The van der Waals surface area contributed by atoms with Crippen LogP contribution in [0.3, 0.4) is 0 Å². The van der Waals surface area contributed by atoms with Crippen LogP contribution in [0.1, 0.15) is 37.2 Å². The van der Waals surface area contributed by atoms with Gasteiger partial charge in [0.25, 0.3) is 0 Å². The second-order valence-electron chi connectivity index (χ2n) is 8.45. The molecule has 0 N–H and O–H groups in total. The minimum absolute atomic E-state index is 0.329. The van der Waals surface area contributed by atoms with Gasteiger partial charge in [0.05, 0.1) is 20.3 Å². The van der Waals surface area contributed by atoms with Gasteiger partial charge in [-0.3, -0.25) is 9.80 Å². The molecule has 8 nitrogen and oxygen atoms in total. The molecular formula is C23H30N6O2S. The van der Waals surface area contributed by atoms with Gasteiger partial charge in [-0.05, 0) is 37.3 Å². The highest BCUT2D eigenvalue weighted by atomic mass is 32.1. The maximum absolute atomic E-state index is 5.63. The molecular weight excluding hydrogens is 424 g/mol. The van der Waals surface area contributed by atoms with Crippen LogP contribution in [0, 0.1) is 11.6 Å². The normalized spacial score (nSPS) is 15.4. The summed E-state index contributed by atoms with van der Waals surface area (Å²) in [6, 6.07) is 9.63. The van der Waals surface area contributed by atoms with E-state index >= 15 is 0 Å². The molecule has 0 amide bonds. The number of rotatable bonds is 7. The summed E-state index contributed by atoms with van der Waals surface area (Å²) in [5.41, 5.74) is 1.89. The molecule has 3 heterocycles. The largest absolute Gasteiger partial charge is 0.497 e. The zero-order chi connectivity index (χ0) is 22.7. The van der Waals surface area contributed by atoms with E-state index in [1.165, 1.54) is 0 Å². The minimum atomic E-state index is 0.329. The van der Waals surface area contributed by atoms with Crippen molar-refractivity contribution in [2.45, 2.75) is 39.9 Å². The number of hydrogen-bond acceptors (Lipinski definition) is 8. The Morgan fingerprint density at radius 1 is 1.06 bits per heavy atom. The van der Waals surface area contributed by atoms with Gasteiger partial charge in [0.1, 0.15) is 16.2 Å². The van der Waals surface area contributed by atoms with Crippen LogP contribution in [0.15, 0.2) is 34.9 Å². The van der Waals surface area contributed by atoms with Gasteiger partial charge in [-0.2, -0.15) is 4.98 Å². The fourth-order valence-corrected chi connectivity index (χ4v) is 4.20. The molecule has 0 spiro atoms. The Morgan fingerprint density at radius 2 is 1.75 bits per heavy atom. The van der Waals surface area contributed by atoms with Crippen molar-refractivity contribution >= 4 is 12.2 Å². The number of piperazine rings is 1. The maximum Gasteiger partial charge on any atom is 0.241 e. The minimum Gasteiger partial charge on any atom is -0.497 e. The van der Waals surface area contributed by atoms with Crippen molar-refractivity contribution in [2.24, 2.45) is 0 Å². The van der Waals surface area contributed by atoms with E-state index in [-0.39, 0.29) is 0 Å². The van der Waals surface area contributed by atoms with Gasteiger partial charge in [0, 0.05) is 43.4 Å². The molecule has 0 radical (unpaired) electrons. The Bertz CT molecular complexity index is 1100. The number of ether oxygens (including phenoxy) is 1. The van der Waals surface area contributed by atoms with E-state index < -0.39 is 0 Å². The molecule has 1 aliphatic rings. The third-order valence-corrected chi connectivity index (χ3v) is 6.00. The summed E-state index contributed by atoms with van der Waals surface area (Å²) in [6.45, 7) is 11.5. The first kappa shape index (κ1) is 22.6. The summed E-state index contributed by atoms with van der Waals surface area (Å²) in [5.74, 6) is 3.42. The van der Waals surface area contributed by atoms with Crippen molar-refractivity contribution in [1.82, 2.24) is 29.5 Å². The molecule has 1 saturated heterocycles. The highest BCUT2D eigenvalue weighted by Gasteiger charge is 2.21. The van der Waals surface area contributed by atoms with Gasteiger partial charge >= 0.3 is 0 Å². The van der Waals surface area contributed by atoms with Crippen molar-refractivity contribution in [3.8, 4) is 17.1 Å². The zero-order valence-corrected chi connectivity index (χ0v) is 19.9. The Labute approximate surface area is 193 Å². The van der Waals surface area contributed by atoms with Gasteiger partial charge in [-0.25, -0.2) is 4.98 Å².